The van der Waals surface area contributed by atoms with Gasteiger partial charge < -0.3 is 0 Å². The lowest BCUT2D eigenvalue weighted by Crippen LogP contribution is -2.05. The van der Waals surface area contributed by atoms with Gasteiger partial charge in [0.25, 0.3) is 0 Å². The van der Waals surface area contributed by atoms with Crippen molar-refractivity contribution in [2.75, 3.05) is 0 Å². The Bertz CT molecular complexity index is 315. The number of hydrogen-bond donors (Lipinski definition) is 0. The highest BCUT2D eigenvalue weighted by Crippen LogP contribution is 2.23. The lowest BCUT2D eigenvalue weighted by Gasteiger charge is -2.06. The smallest absolute Gasteiger partial charge is 0.165 e. The molecule has 0 aromatic heterocycles. The summed E-state index contributed by atoms with van der Waals surface area (Å²) in [6.45, 7) is 4.29. The van der Waals surface area contributed by atoms with Crippen molar-refractivity contribution in [3.63, 3.8) is 0 Å². The van der Waals surface area contributed by atoms with Gasteiger partial charge in [0.1, 0.15) is 0 Å². The Labute approximate surface area is 73.2 Å². The van der Waals surface area contributed by atoms with E-state index in [2.05, 4.69) is 6.92 Å². The minimum absolute atomic E-state index is 0.105. The molecule has 4 heteroatoms. The van der Waals surface area contributed by atoms with E-state index in [-0.39, 0.29) is 6.42 Å². The van der Waals surface area contributed by atoms with E-state index in [4.69, 9.17) is 0 Å². The lowest BCUT2D eigenvalue weighted by atomic mass is 10.1. The zero-order valence-electron chi connectivity index (χ0n) is 6.93. The van der Waals surface area contributed by atoms with Gasteiger partial charge in [0.15, 0.2) is 23.3 Å². The predicted octanol–water partition coefficient (Wildman–Crippen LogP) is 2.99. The van der Waals surface area contributed by atoms with Gasteiger partial charge in [-0.2, -0.15) is 0 Å². The van der Waals surface area contributed by atoms with Crippen LogP contribution in [0.15, 0.2) is 0 Å². The second-order valence-corrected chi connectivity index (χ2v) is 2.57. The van der Waals surface area contributed by atoms with Crippen LogP contribution in [0.4, 0.5) is 17.6 Å². The predicted molar refractivity (Wildman–Crippen MR) is 40.1 cm³/mol. The van der Waals surface area contributed by atoms with Gasteiger partial charge in [0.2, 0.25) is 0 Å². The fraction of sp³-hybridized carbons (Fsp3) is 0.222. The van der Waals surface area contributed by atoms with Crippen molar-refractivity contribution in [3.05, 3.63) is 41.3 Å². The normalized spacial score (nSPS) is 10.6. The van der Waals surface area contributed by atoms with E-state index in [1.807, 2.05) is 0 Å². The zero-order chi connectivity index (χ0) is 10.2. The van der Waals surface area contributed by atoms with Crippen LogP contribution >= 0.6 is 0 Å². The van der Waals surface area contributed by atoms with Crippen molar-refractivity contribution < 1.29 is 17.6 Å². The van der Waals surface area contributed by atoms with E-state index in [0.717, 1.165) is 0 Å². The first-order valence-electron chi connectivity index (χ1n) is 3.67. The van der Waals surface area contributed by atoms with E-state index in [1.165, 1.54) is 6.92 Å². The summed E-state index contributed by atoms with van der Waals surface area (Å²) < 4.78 is 51.3. The average Bonchev–Trinajstić information content (AvgIpc) is 2.13. The first kappa shape index (κ1) is 10.0. The molecule has 0 unspecified atom stereocenters. The Hall–Kier alpha value is -1.06. The summed E-state index contributed by atoms with van der Waals surface area (Å²) in [5.41, 5.74) is -1.45. The third-order valence-electron chi connectivity index (χ3n) is 1.80. The third kappa shape index (κ3) is 1.41. The van der Waals surface area contributed by atoms with E-state index in [1.54, 1.807) is 0 Å². The fourth-order valence-corrected chi connectivity index (χ4v) is 1.03. The minimum Gasteiger partial charge on any atom is -0.203 e. The van der Waals surface area contributed by atoms with Gasteiger partial charge in [-0.25, -0.2) is 17.6 Å². The summed E-state index contributed by atoms with van der Waals surface area (Å²) in [5.74, 6) is -5.55. The Morgan fingerprint density at radius 3 is 1.62 bits per heavy atom. The van der Waals surface area contributed by atoms with Crippen LogP contribution in [0.2, 0.25) is 0 Å². The Morgan fingerprint density at radius 2 is 1.31 bits per heavy atom. The zero-order valence-corrected chi connectivity index (χ0v) is 6.93. The van der Waals surface area contributed by atoms with Crippen LogP contribution in [-0.2, 0) is 6.42 Å². The largest absolute Gasteiger partial charge is 0.203 e. The summed E-state index contributed by atoms with van der Waals surface area (Å²) >= 11 is 0. The van der Waals surface area contributed by atoms with Gasteiger partial charge >= 0.3 is 0 Å². The molecular weight excluding hydrogens is 184 g/mol. The van der Waals surface area contributed by atoms with Crippen LogP contribution in [0.5, 0.6) is 0 Å². The molecule has 0 aliphatic rings. The molecular formula is C9H7F4. The maximum atomic E-state index is 12.9. The van der Waals surface area contributed by atoms with Gasteiger partial charge in [-0.05, 0) is 13.3 Å². The van der Waals surface area contributed by atoms with E-state index in [9.17, 15) is 17.6 Å². The summed E-state index contributed by atoms with van der Waals surface area (Å²) in [6, 6.07) is 0. The monoisotopic (exact) mass is 191 g/mol. The van der Waals surface area contributed by atoms with Crippen LogP contribution in [0.3, 0.4) is 0 Å². The minimum atomic E-state index is -1.42. The lowest BCUT2D eigenvalue weighted by molar-refractivity contribution is 0.436. The second kappa shape index (κ2) is 3.36. The molecule has 0 aliphatic carbocycles. The first-order valence-corrected chi connectivity index (χ1v) is 3.67. The molecule has 71 valence electrons. The number of benzene rings is 1. The Balaban J connectivity index is 3.56. The molecule has 0 amide bonds. The SMILES string of the molecule is [CH2]c1c(F)c(F)c(CC)c(F)c1F. The molecule has 0 fully saturated rings. The van der Waals surface area contributed by atoms with Gasteiger partial charge in [-0.1, -0.05) is 6.92 Å². The van der Waals surface area contributed by atoms with Crippen molar-refractivity contribution in [1.82, 2.24) is 0 Å². The number of hydrogen-bond acceptors (Lipinski definition) is 0. The molecule has 0 nitrogen and oxygen atoms in total. The van der Waals surface area contributed by atoms with E-state index < -0.39 is 34.4 Å². The van der Waals surface area contributed by atoms with Crippen LogP contribution in [0, 0.1) is 30.2 Å². The molecule has 13 heavy (non-hydrogen) atoms. The summed E-state index contributed by atoms with van der Waals surface area (Å²) in [6.07, 6.45) is -0.105. The molecule has 0 aliphatic heterocycles. The molecule has 1 aromatic rings. The van der Waals surface area contributed by atoms with Crippen molar-refractivity contribution in [2.24, 2.45) is 0 Å². The van der Waals surface area contributed by atoms with Gasteiger partial charge in [0, 0.05) is 11.1 Å². The van der Waals surface area contributed by atoms with E-state index >= 15 is 0 Å². The number of halogens is 4. The molecule has 1 rings (SSSR count). The molecule has 0 atom stereocenters. The highest BCUT2D eigenvalue weighted by atomic mass is 19.2. The molecule has 1 aromatic carbocycles. The number of rotatable bonds is 1. The van der Waals surface area contributed by atoms with Crippen LogP contribution in [0.25, 0.3) is 0 Å². The van der Waals surface area contributed by atoms with Crippen LogP contribution < -0.4 is 0 Å². The standard InChI is InChI=1S/C9H7F4/c1-3-5-8(12)6(10)4(2)7(11)9(5)13/h2-3H2,1H3. The Kier molecular flexibility index (Phi) is 2.59. The molecule has 1 radical (unpaired) electrons. The highest BCUT2D eigenvalue weighted by molar-refractivity contribution is 5.31. The van der Waals surface area contributed by atoms with Crippen molar-refractivity contribution in [1.29, 1.82) is 0 Å². The van der Waals surface area contributed by atoms with E-state index in [0.29, 0.717) is 0 Å². The molecule has 0 saturated heterocycles. The van der Waals surface area contributed by atoms with Gasteiger partial charge in [-0.3, -0.25) is 0 Å². The highest BCUT2D eigenvalue weighted by Gasteiger charge is 2.21. The average molecular weight is 191 g/mol. The molecule has 0 bridgehead atoms. The maximum Gasteiger partial charge on any atom is 0.165 e. The summed E-state index contributed by atoms with van der Waals surface area (Å²) in [4.78, 5) is 0. The second-order valence-electron chi connectivity index (χ2n) is 2.57. The molecule has 0 spiro atoms. The van der Waals surface area contributed by atoms with Crippen molar-refractivity contribution >= 4 is 0 Å². The third-order valence-corrected chi connectivity index (χ3v) is 1.80. The Morgan fingerprint density at radius 1 is 0.923 bits per heavy atom. The maximum absolute atomic E-state index is 12.9. The summed E-state index contributed by atoms with van der Waals surface area (Å²) in [7, 11) is 0. The van der Waals surface area contributed by atoms with Crippen molar-refractivity contribution in [3.8, 4) is 0 Å². The summed E-state index contributed by atoms with van der Waals surface area (Å²) in [5, 5.41) is 0. The van der Waals surface area contributed by atoms with Gasteiger partial charge in [0.05, 0.1) is 0 Å². The van der Waals surface area contributed by atoms with Crippen LogP contribution in [0.1, 0.15) is 18.1 Å². The first-order chi connectivity index (χ1) is 6.00. The van der Waals surface area contributed by atoms with Crippen LogP contribution in [-0.4, -0.2) is 0 Å². The van der Waals surface area contributed by atoms with Gasteiger partial charge in [-0.15, -0.1) is 0 Å². The quantitative estimate of drug-likeness (QED) is 0.472. The van der Waals surface area contributed by atoms with Crippen molar-refractivity contribution in [2.45, 2.75) is 13.3 Å². The molecule has 0 saturated carbocycles. The molecule has 0 heterocycles. The topological polar surface area (TPSA) is 0 Å². The fourth-order valence-electron chi connectivity index (χ4n) is 1.03. The molecule has 0 N–H and O–H groups in total.